The zero-order valence-electron chi connectivity index (χ0n) is 9.28. The van der Waals surface area contributed by atoms with Gasteiger partial charge in [-0.05, 0) is 44.4 Å². The van der Waals surface area contributed by atoms with E-state index >= 15 is 0 Å². The molecular formula is C12H16N2O2. The van der Waals surface area contributed by atoms with Gasteiger partial charge >= 0.3 is 5.97 Å². The van der Waals surface area contributed by atoms with E-state index in [4.69, 9.17) is 5.11 Å². The van der Waals surface area contributed by atoms with Crippen molar-refractivity contribution in [2.24, 2.45) is 5.92 Å². The van der Waals surface area contributed by atoms with Crippen molar-refractivity contribution in [3.63, 3.8) is 0 Å². The number of carbonyl (C=O) groups is 1. The van der Waals surface area contributed by atoms with Crippen molar-refractivity contribution in [1.29, 1.82) is 0 Å². The molecule has 0 aromatic carbocycles. The van der Waals surface area contributed by atoms with Crippen LogP contribution in [0.2, 0.25) is 0 Å². The molecule has 1 fully saturated rings. The van der Waals surface area contributed by atoms with Crippen molar-refractivity contribution in [1.82, 2.24) is 9.78 Å². The molecule has 1 aromatic heterocycles. The second-order valence-electron chi connectivity index (χ2n) is 4.91. The quantitative estimate of drug-likeness (QED) is 0.846. The molecule has 0 aliphatic heterocycles. The van der Waals surface area contributed by atoms with Gasteiger partial charge in [-0.15, -0.1) is 0 Å². The maximum absolute atomic E-state index is 11.1. The van der Waals surface area contributed by atoms with Gasteiger partial charge in [0.15, 0.2) is 5.69 Å². The summed E-state index contributed by atoms with van der Waals surface area (Å²) in [6, 6.07) is 0. The number of aromatic nitrogens is 2. The number of hydrogen-bond donors (Lipinski definition) is 1. The van der Waals surface area contributed by atoms with Crippen LogP contribution in [0, 0.1) is 5.92 Å². The molecule has 4 nitrogen and oxygen atoms in total. The van der Waals surface area contributed by atoms with Crippen molar-refractivity contribution in [3.8, 4) is 0 Å². The summed E-state index contributed by atoms with van der Waals surface area (Å²) >= 11 is 0. The Balaban J connectivity index is 1.99. The first-order valence-electron chi connectivity index (χ1n) is 6.07. The molecular weight excluding hydrogens is 204 g/mol. The van der Waals surface area contributed by atoms with Crippen LogP contribution in [0.4, 0.5) is 0 Å². The fourth-order valence-electron chi connectivity index (χ4n) is 2.54. The molecule has 0 atom stereocenters. The number of nitrogens with zero attached hydrogens (tertiary/aromatic N) is 2. The summed E-state index contributed by atoms with van der Waals surface area (Å²) in [4.78, 5) is 11.1. The van der Waals surface area contributed by atoms with Crippen LogP contribution in [0.25, 0.3) is 0 Å². The Labute approximate surface area is 94.3 Å². The third-order valence-electron chi connectivity index (χ3n) is 3.59. The summed E-state index contributed by atoms with van der Waals surface area (Å²) in [6.07, 6.45) is 6.71. The van der Waals surface area contributed by atoms with Crippen molar-refractivity contribution < 1.29 is 9.90 Å². The SMILES string of the molecule is O=C(O)c1nn(CC2CC2)c2c1CCCC2. The first kappa shape index (κ1) is 9.87. The highest BCUT2D eigenvalue weighted by Crippen LogP contribution is 2.33. The minimum Gasteiger partial charge on any atom is -0.476 e. The predicted molar refractivity (Wildman–Crippen MR) is 58.6 cm³/mol. The smallest absolute Gasteiger partial charge is 0.356 e. The van der Waals surface area contributed by atoms with Crippen LogP contribution in [0.3, 0.4) is 0 Å². The lowest BCUT2D eigenvalue weighted by Gasteiger charge is -2.13. The molecule has 4 heteroatoms. The van der Waals surface area contributed by atoms with E-state index in [0.29, 0.717) is 5.69 Å². The van der Waals surface area contributed by atoms with Gasteiger partial charge < -0.3 is 5.11 Å². The third kappa shape index (κ3) is 1.62. The number of rotatable bonds is 3. The molecule has 0 amide bonds. The van der Waals surface area contributed by atoms with Crippen molar-refractivity contribution >= 4 is 5.97 Å². The van der Waals surface area contributed by atoms with Crippen LogP contribution in [0.5, 0.6) is 0 Å². The molecule has 0 spiro atoms. The Morgan fingerprint density at radius 3 is 2.81 bits per heavy atom. The predicted octanol–water partition coefficient (Wildman–Crippen LogP) is 1.87. The summed E-state index contributed by atoms with van der Waals surface area (Å²) in [5.41, 5.74) is 2.49. The van der Waals surface area contributed by atoms with Gasteiger partial charge in [0.1, 0.15) is 0 Å². The summed E-state index contributed by atoms with van der Waals surface area (Å²) in [5, 5.41) is 13.4. The number of carboxylic acids is 1. The molecule has 1 N–H and O–H groups in total. The van der Waals surface area contributed by atoms with E-state index < -0.39 is 5.97 Å². The van der Waals surface area contributed by atoms with E-state index in [0.717, 1.165) is 37.3 Å². The van der Waals surface area contributed by atoms with E-state index in [9.17, 15) is 4.79 Å². The third-order valence-corrected chi connectivity index (χ3v) is 3.59. The molecule has 2 aliphatic carbocycles. The molecule has 0 radical (unpaired) electrons. The van der Waals surface area contributed by atoms with E-state index in [1.807, 2.05) is 4.68 Å². The Hall–Kier alpha value is -1.32. The van der Waals surface area contributed by atoms with Crippen LogP contribution < -0.4 is 0 Å². The highest BCUT2D eigenvalue weighted by Gasteiger charge is 2.28. The van der Waals surface area contributed by atoms with Crippen molar-refractivity contribution in [2.45, 2.75) is 45.1 Å². The summed E-state index contributed by atoms with van der Waals surface area (Å²) in [7, 11) is 0. The van der Waals surface area contributed by atoms with Crippen LogP contribution in [0.1, 0.15) is 47.4 Å². The van der Waals surface area contributed by atoms with Crippen molar-refractivity contribution in [2.75, 3.05) is 0 Å². The molecule has 0 saturated heterocycles. The first-order valence-corrected chi connectivity index (χ1v) is 6.07. The van der Waals surface area contributed by atoms with Gasteiger partial charge in [0.2, 0.25) is 0 Å². The molecule has 2 aliphatic rings. The van der Waals surface area contributed by atoms with E-state index in [-0.39, 0.29) is 0 Å². The minimum absolute atomic E-state index is 0.301. The summed E-state index contributed by atoms with van der Waals surface area (Å²) in [5.74, 6) is -0.125. The molecule has 1 aromatic rings. The maximum Gasteiger partial charge on any atom is 0.356 e. The van der Waals surface area contributed by atoms with E-state index in [1.54, 1.807) is 0 Å². The number of aromatic carboxylic acids is 1. The van der Waals surface area contributed by atoms with Gasteiger partial charge in [0.25, 0.3) is 0 Å². The fourth-order valence-corrected chi connectivity index (χ4v) is 2.54. The second kappa shape index (κ2) is 3.61. The Bertz CT molecular complexity index is 432. The normalized spacial score (nSPS) is 19.5. The Kier molecular flexibility index (Phi) is 2.23. The van der Waals surface area contributed by atoms with Crippen LogP contribution in [-0.2, 0) is 19.4 Å². The largest absolute Gasteiger partial charge is 0.476 e. The molecule has 86 valence electrons. The average molecular weight is 220 g/mol. The number of fused-ring (bicyclic) bond motifs is 1. The standard InChI is InChI=1S/C12H16N2O2/c15-12(16)11-9-3-1-2-4-10(9)14(13-11)7-8-5-6-8/h8H,1-7H2,(H,15,16). The van der Waals surface area contributed by atoms with E-state index in [1.165, 1.54) is 25.0 Å². The topological polar surface area (TPSA) is 55.1 Å². The van der Waals surface area contributed by atoms with Gasteiger partial charge in [-0.2, -0.15) is 5.10 Å². The zero-order valence-corrected chi connectivity index (χ0v) is 9.28. The monoisotopic (exact) mass is 220 g/mol. The number of hydrogen-bond acceptors (Lipinski definition) is 2. The van der Waals surface area contributed by atoms with Gasteiger partial charge in [0.05, 0.1) is 0 Å². The van der Waals surface area contributed by atoms with Gasteiger partial charge in [-0.3, -0.25) is 4.68 Å². The highest BCUT2D eigenvalue weighted by molar-refractivity contribution is 5.87. The molecule has 1 heterocycles. The van der Waals surface area contributed by atoms with Crippen LogP contribution in [-0.4, -0.2) is 20.9 Å². The molecule has 16 heavy (non-hydrogen) atoms. The van der Waals surface area contributed by atoms with Gasteiger partial charge in [-0.1, -0.05) is 0 Å². The zero-order chi connectivity index (χ0) is 11.1. The Morgan fingerprint density at radius 1 is 1.38 bits per heavy atom. The molecule has 0 unspecified atom stereocenters. The number of carboxylic acid groups (broad SMARTS) is 1. The summed E-state index contributed by atoms with van der Waals surface area (Å²) < 4.78 is 1.97. The van der Waals surface area contributed by atoms with Crippen LogP contribution in [0.15, 0.2) is 0 Å². The molecule has 3 rings (SSSR count). The second-order valence-corrected chi connectivity index (χ2v) is 4.91. The first-order chi connectivity index (χ1) is 7.75. The maximum atomic E-state index is 11.1. The highest BCUT2D eigenvalue weighted by atomic mass is 16.4. The fraction of sp³-hybridized carbons (Fsp3) is 0.667. The van der Waals surface area contributed by atoms with Crippen molar-refractivity contribution in [3.05, 3.63) is 17.0 Å². The van der Waals surface area contributed by atoms with Gasteiger partial charge in [-0.25, -0.2) is 4.79 Å². The lowest BCUT2D eigenvalue weighted by molar-refractivity contribution is 0.0688. The van der Waals surface area contributed by atoms with Crippen LogP contribution >= 0.6 is 0 Å². The minimum atomic E-state index is -0.868. The average Bonchev–Trinajstić information content (AvgIpc) is 3.00. The molecule has 1 saturated carbocycles. The summed E-state index contributed by atoms with van der Waals surface area (Å²) in [6.45, 7) is 0.926. The van der Waals surface area contributed by atoms with Gasteiger partial charge in [0, 0.05) is 17.8 Å². The lowest BCUT2D eigenvalue weighted by Crippen LogP contribution is -2.10. The van der Waals surface area contributed by atoms with E-state index in [2.05, 4.69) is 5.10 Å². The lowest BCUT2D eigenvalue weighted by atomic mass is 9.95. The Morgan fingerprint density at radius 2 is 2.12 bits per heavy atom. The molecule has 0 bridgehead atoms.